The second kappa shape index (κ2) is 10.7. The monoisotopic (exact) mass is 546 g/mol. The Morgan fingerprint density at radius 1 is 0.675 bits per heavy atom. The molecular weight excluding hydrogens is 521 g/mol. The molecular formula is C30H25F3N4O3. The van der Waals surface area contributed by atoms with E-state index in [1.165, 1.54) is 11.8 Å². The first-order valence-corrected chi connectivity index (χ1v) is 12.2. The van der Waals surface area contributed by atoms with Crippen LogP contribution in [0.25, 0.3) is 39.7 Å². The first-order valence-electron chi connectivity index (χ1n) is 12.2. The summed E-state index contributed by atoms with van der Waals surface area (Å²) < 4.78 is 59.6. The van der Waals surface area contributed by atoms with Gasteiger partial charge in [0, 0.05) is 22.3 Å². The molecule has 0 saturated carbocycles. The highest BCUT2D eigenvalue weighted by Crippen LogP contribution is 2.37. The Hall–Kier alpha value is -4.86. The van der Waals surface area contributed by atoms with Crippen LogP contribution in [0.15, 0.2) is 78.9 Å². The van der Waals surface area contributed by atoms with E-state index in [1.54, 1.807) is 62.8 Å². The number of hydrogen-bond acceptors (Lipinski definition) is 6. The molecule has 0 unspecified atom stereocenters. The van der Waals surface area contributed by atoms with Crippen molar-refractivity contribution in [2.45, 2.75) is 13.1 Å². The van der Waals surface area contributed by atoms with Gasteiger partial charge in [0.05, 0.1) is 38.4 Å². The lowest BCUT2D eigenvalue weighted by Crippen LogP contribution is -2.14. The van der Waals surface area contributed by atoms with Gasteiger partial charge in [-0.15, -0.1) is 0 Å². The zero-order valence-corrected chi connectivity index (χ0v) is 22.2. The molecule has 0 spiro atoms. The predicted molar refractivity (Wildman–Crippen MR) is 145 cm³/mol. The second-order valence-corrected chi connectivity index (χ2v) is 8.86. The maximum Gasteiger partial charge on any atom is 0.433 e. The van der Waals surface area contributed by atoms with E-state index in [0.29, 0.717) is 45.3 Å². The van der Waals surface area contributed by atoms with Crippen molar-refractivity contribution in [1.29, 1.82) is 0 Å². The number of alkyl halides is 3. The van der Waals surface area contributed by atoms with Gasteiger partial charge in [-0.2, -0.15) is 23.0 Å². The Labute approximate surface area is 228 Å². The topological polar surface area (TPSA) is 71.3 Å². The van der Waals surface area contributed by atoms with Gasteiger partial charge in [0.2, 0.25) is 0 Å². The molecule has 0 atom stereocenters. The number of benzene rings is 3. The van der Waals surface area contributed by atoms with Crippen LogP contribution in [0, 0.1) is 6.92 Å². The average Bonchev–Trinajstić information content (AvgIpc) is 3.33. The van der Waals surface area contributed by atoms with Crippen LogP contribution in [-0.4, -0.2) is 41.1 Å². The molecule has 0 amide bonds. The summed E-state index contributed by atoms with van der Waals surface area (Å²) >= 11 is 0. The van der Waals surface area contributed by atoms with E-state index in [2.05, 4.69) is 9.97 Å². The third-order valence-electron chi connectivity index (χ3n) is 6.39. The zero-order valence-electron chi connectivity index (χ0n) is 22.2. The molecule has 7 nitrogen and oxygen atoms in total. The molecule has 0 aliphatic rings. The van der Waals surface area contributed by atoms with Crippen LogP contribution in [0.1, 0.15) is 11.3 Å². The van der Waals surface area contributed by atoms with Crippen LogP contribution in [0.4, 0.5) is 13.2 Å². The van der Waals surface area contributed by atoms with Crippen LogP contribution < -0.4 is 14.2 Å². The van der Waals surface area contributed by atoms with Crippen molar-refractivity contribution in [2.24, 2.45) is 0 Å². The highest BCUT2D eigenvalue weighted by atomic mass is 19.4. The van der Waals surface area contributed by atoms with Gasteiger partial charge in [-0.25, -0.2) is 9.97 Å². The molecule has 0 aliphatic carbocycles. The number of aromatic nitrogens is 4. The maximum absolute atomic E-state index is 14.1. The van der Waals surface area contributed by atoms with E-state index in [0.717, 1.165) is 11.6 Å². The van der Waals surface area contributed by atoms with Gasteiger partial charge < -0.3 is 14.2 Å². The Bertz CT molecular complexity index is 1660. The molecule has 10 heteroatoms. The number of ether oxygens (including phenoxy) is 3. The molecule has 40 heavy (non-hydrogen) atoms. The van der Waals surface area contributed by atoms with Crippen LogP contribution in [0.3, 0.4) is 0 Å². The maximum atomic E-state index is 14.1. The highest BCUT2D eigenvalue weighted by molar-refractivity contribution is 5.76. The van der Waals surface area contributed by atoms with Crippen molar-refractivity contribution in [1.82, 2.24) is 19.7 Å². The van der Waals surface area contributed by atoms with Crippen molar-refractivity contribution < 1.29 is 27.4 Å². The molecule has 0 fully saturated rings. The van der Waals surface area contributed by atoms with Gasteiger partial charge >= 0.3 is 6.18 Å². The Morgan fingerprint density at radius 3 is 1.88 bits per heavy atom. The molecule has 0 bridgehead atoms. The van der Waals surface area contributed by atoms with E-state index in [-0.39, 0.29) is 11.6 Å². The third-order valence-corrected chi connectivity index (χ3v) is 6.39. The standard InChI is InChI=1S/C30H25F3N4O3/c1-18-27(20-7-5-9-23(15-20)39-3)36-37(28(18)21-8-6-10-24(16-21)40-4)29-34-25(17-26(35-29)30(31,32)33)19-11-13-22(38-2)14-12-19/h5-17H,1-4H3. The summed E-state index contributed by atoms with van der Waals surface area (Å²) in [5, 5.41) is 4.75. The quantitative estimate of drug-likeness (QED) is 0.219. The van der Waals surface area contributed by atoms with E-state index in [1.807, 2.05) is 31.2 Å². The Balaban J connectivity index is 1.78. The molecule has 5 rings (SSSR count). The van der Waals surface area contributed by atoms with E-state index < -0.39 is 11.9 Å². The van der Waals surface area contributed by atoms with Gasteiger partial charge in [-0.05, 0) is 61.5 Å². The van der Waals surface area contributed by atoms with Crippen molar-refractivity contribution in [2.75, 3.05) is 21.3 Å². The van der Waals surface area contributed by atoms with Crippen LogP contribution in [-0.2, 0) is 6.18 Å². The summed E-state index contributed by atoms with van der Waals surface area (Å²) in [7, 11) is 4.62. The Kier molecular flexibility index (Phi) is 7.17. The minimum absolute atomic E-state index is 0.0904. The number of hydrogen-bond donors (Lipinski definition) is 0. The van der Waals surface area contributed by atoms with E-state index >= 15 is 0 Å². The third kappa shape index (κ3) is 5.20. The van der Waals surface area contributed by atoms with Crippen LogP contribution in [0.5, 0.6) is 17.2 Å². The Morgan fingerprint density at radius 2 is 1.27 bits per heavy atom. The summed E-state index contributed by atoms with van der Waals surface area (Å²) in [5.74, 6) is 1.54. The fourth-order valence-electron chi connectivity index (χ4n) is 4.38. The van der Waals surface area contributed by atoms with Gasteiger partial charge in [0.25, 0.3) is 5.95 Å². The summed E-state index contributed by atoms with van der Waals surface area (Å²) in [5.41, 5.74) is 2.65. The number of halogens is 3. The number of methoxy groups -OCH3 is 3. The molecule has 0 saturated heterocycles. The fraction of sp³-hybridized carbons (Fsp3) is 0.167. The van der Waals surface area contributed by atoms with Crippen molar-refractivity contribution >= 4 is 0 Å². The van der Waals surface area contributed by atoms with Gasteiger partial charge in [-0.1, -0.05) is 24.3 Å². The minimum Gasteiger partial charge on any atom is -0.497 e. The lowest BCUT2D eigenvalue weighted by molar-refractivity contribution is -0.141. The minimum atomic E-state index is -4.72. The fourth-order valence-corrected chi connectivity index (χ4v) is 4.38. The zero-order chi connectivity index (χ0) is 28.4. The van der Waals surface area contributed by atoms with Crippen LogP contribution >= 0.6 is 0 Å². The lowest BCUT2D eigenvalue weighted by Gasteiger charge is -2.13. The largest absolute Gasteiger partial charge is 0.497 e. The van der Waals surface area contributed by atoms with Gasteiger partial charge in [0.1, 0.15) is 17.2 Å². The predicted octanol–water partition coefficient (Wildman–Crippen LogP) is 7.02. The summed E-state index contributed by atoms with van der Waals surface area (Å²) in [6.45, 7) is 1.85. The van der Waals surface area contributed by atoms with E-state index in [9.17, 15) is 13.2 Å². The van der Waals surface area contributed by atoms with Crippen molar-refractivity contribution in [3.05, 3.63) is 90.1 Å². The molecule has 2 heterocycles. The first kappa shape index (κ1) is 26.7. The van der Waals surface area contributed by atoms with Crippen molar-refractivity contribution in [3.8, 4) is 57.0 Å². The molecule has 0 radical (unpaired) electrons. The van der Waals surface area contributed by atoms with Gasteiger partial charge in [-0.3, -0.25) is 0 Å². The molecule has 5 aromatic rings. The number of rotatable bonds is 7. The van der Waals surface area contributed by atoms with Gasteiger partial charge in [0.15, 0.2) is 5.69 Å². The molecule has 0 N–H and O–H groups in total. The average molecular weight is 547 g/mol. The molecule has 2 aromatic heterocycles. The first-order chi connectivity index (χ1) is 19.2. The normalized spacial score (nSPS) is 11.4. The smallest absolute Gasteiger partial charge is 0.433 e. The highest BCUT2D eigenvalue weighted by Gasteiger charge is 2.34. The lowest BCUT2D eigenvalue weighted by atomic mass is 10.0. The van der Waals surface area contributed by atoms with Crippen molar-refractivity contribution in [3.63, 3.8) is 0 Å². The van der Waals surface area contributed by atoms with E-state index in [4.69, 9.17) is 19.3 Å². The van der Waals surface area contributed by atoms with Crippen LogP contribution in [0.2, 0.25) is 0 Å². The number of nitrogens with zero attached hydrogens (tertiary/aromatic N) is 4. The summed E-state index contributed by atoms with van der Waals surface area (Å²) in [6, 6.07) is 22.0. The molecule has 0 aliphatic heterocycles. The molecule has 204 valence electrons. The molecule has 3 aromatic carbocycles. The second-order valence-electron chi connectivity index (χ2n) is 8.86. The summed E-state index contributed by atoms with van der Waals surface area (Å²) in [4.78, 5) is 8.47. The summed E-state index contributed by atoms with van der Waals surface area (Å²) in [6.07, 6.45) is -4.72. The SMILES string of the molecule is COc1ccc(-c2cc(C(F)(F)F)nc(-n3nc(-c4cccc(OC)c4)c(C)c3-c3cccc(OC)c3)n2)cc1.